The normalized spacial score (nSPS) is 16.7. The number of carbonyl (C=O) groups is 1. The lowest BCUT2D eigenvalue weighted by Gasteiger charge is -2.20. The van der Waals surface area contributed by atoms with Crippen LogP contribution < -0.4 is 5.32 Å². The van der Waals surface area contributed by atoms with E-state index in [1.165, 1.54) is 44.4 Å². The molecular formula is C13H18N2O2. The number of rotatable bonds is 3. The Kier molecular flexibility index (Phi) is 3.96. The zero-order valence-electron chi connectivity index (χ0n) is 9.85. The van der Waals surface area contributed by atoms with E-state index in [0.29, 0.717) is 18.0 Å². The van der Waals surface area contributed by atoms with E-state index in [4.69, 9.17) is 5.11 Å². The Morgan fingerprint density at radius 2 is 2.12 bits per heavy atom. The molecule has 1 aliphatic rings. The SMILES string of the molecule is O=C(CC1CCCCC1)Nc1ccc(O)nc1. The third-order valence-electron chi connectivity index (χ3n) is 3.23. The van der Waals surface area contributed by atoms with Crippen LogP contribution in [0.5, 0.6) is 5.88 Å². The first-order valence-corrected chi connectivity index (χ1v) is 6.19. The minimum Gasteiger partial charge on any atom is -0.493 e. The first-order valence-electron chi connectivity index (χ1n) is 6.19. The molecule has 2 N–H and O–H groups in total. The zero-order valence-corrected chi connectivity index (χ0v) is 9.85. The molecule has 1 aromatic rings. The van der Waals surface area contributed by atoms with Crippen LogP contribution in [0.4, 0.5) is 5.69 Å². The number of anilines is 1. The van der Waals surface area contributed by atoms with Crippen molar-refractivity contribution < 1.29 is 9.90 Å². The van der Waals surface area contributed by atoms with Crippen molar-refractivity contribution in [1.82, 2.24) is 4.98 Å². The predicted molar refractivity (Wildman–Crippen MR) is 65.7 cm³/mol. The monoisotopic (exact) mass is 234 g/mol. The number of nitrogens with zero attached hydrogens (tertiary/aromatic N) is 1. The molecule has 92 valence electrons. The Hall–Kier alpha value is -1.58. The molecule has 0 saturated heterocycles. The predicted octanol–water partition coefficient (Wildman–Crippen LogP) is 2.70. The van der Waals surface area contributed by atoms with E-state index in [9.17, 15) is 4.79 Å². The average Bonchev–Trinajstić information content (AvgIpc) is 2.33. The van der Waals surface area contributed by atoms with Crippen molar-refractivity contribution in [3.05, 3.63) is 18.3 Å². The highest BCUT2D eigenvalue weighted by Gasteiger charge is 2.16. The lowest BCUT2D eigenvalue weighted by atomic mass is 9.87. The lowest BCUT2D eigenvalue weighted by Crippen LogP contribution is -2.18. The fourth-order valence-corrected chi connectivity index (χ4v) is 2.33. The van der Waals surface area contributed by atoms with Crippen molar-refractivity contribution in [1.29, 1.82) is 0 Å². The smallest absolute Gasteiger partial charge is 0.224 e. The third kappa shape index (κ3) is 3.73. The molecule has 0 aromatic carbocycles. The molecule has 0 spiro atoms. The molecule has 1 heterocycles. The molecule has 1 fully saturated rings. The molecule has 17 heavy (non-hydrogen) atoms. The van der Waals surface area contributed by atoms with Crippen molar-refractivity contribution >= 4 is 11.6 Å². The number of aromatic hydroxyl groups is 1. The molecule has 4 heteroatoms. The summed E-state index contributed by atoms with van der Waals surface area (Å²) in [5.74, 6) is 0.550. The van der Waals surface area contributed by atoms with Gasteiger partial charge in [-0.2, -0.15) is 0 Å². The Balaban J connectivity index is 1.82. The Bertz CT molecular complexity index is 370. The van der Waals surface area contributed by atoms with Gasteiger partial charge in [-0.25, -0.2) is 4.98 Å². The Labute approximate surface area is 101 Å². The summed E-state index contributed by atoms with van der Waals surface area (Å²) < 4.78 is 0. The van der Waals surface area contributed by atoms with Crippen molar-refractivity contribution in [2.24, 2.45) is 5.92 Å². The fraction of sp³-hybridized carbons (Fsp3) is 0.538. The van der Waals surface area contributed by atoms with Gasteiger partial charge in [-0.1, -0.05) is 19.3 Å². The highest BCUT2D eigenvalue weighted by molar-refractivity contribution is 5.90. The Morgan fingerprint density at radius 3 is 2.76 bits per heavy atom. The summed E-state index contributed by atoms with van der Waals surface area (Å²) in [5, 5.41) is 11.8. The summed E-state index contributed by atoms with van der Waals surface area (Å²) in [6, 6.07) is 3.12. The highest BCUT2D eigenvalue weighted by atomic mass is 16.3. The van der Waals surface area contributed by atoms with Gasteiger partial charge in [-0.15, -0.1) is 0 Å². The van der Waals surface area contributed by atoms with Crippen LogP contribution in [0.1, 0.15) is 38.5 Å². The summed E-state index contributed by atoms with van der Waals surface area (Å²) in [7, 11) is 0. The van der Waals surface area contributed by atoms with Gasteiger partial charge in [0.05, 0.1) is 11.9 Å². The van der Waals surface area contributed by atoms with Crippen LogP contribution in [0, 0.1) is 5.92 Å². The minimum atomic E-state index is -0.0321. The van der Waals surface area contributed by atoms with Gasteiger partial charge in [0.2, 0.25) is 11.8 Å². The van der Waals surface area contributed by atoms with Crippen LogP contribution in [0.25, 0.3) is 0 Å². The molecule has 0 unspecified atom stereocenters. The van der Waals surface area contributed by atoms with Gasteiger partial charge in [0.25, 0.3) is 0 Å². The van der Waals surface area contributed by atoms with Gasteiger partial charge in [0, 0.05) is 12.5 Å². The summed E-state index contributed by atoms with van der Waals surface area (Å²) in [5.41, 5.74) is 0.642. The van der Waals surface area contributed by atoms with Gasteiger partial charge >= 0.3 is 0 Å². The molecular weight excluding hydrogens is 216 g/mol. The second-order valence-electron chi connectivity index (χ2n) is 4.66. The van der Waals surface area contributed by atoms with Crippen LogP contribution in [0.2, 0.25) is 0 Å². The van der Waals surface area contributed by atoms with Gasteiger partial charge in [-0.05, 0) is 24.8 Å². The number of hydrogen-bond donors (Lipinski definition) is 2. The number of aromatic nitrogens is 1. The standard InChI is InChI=1S/C13H18N2O2/c16-12-7-6-11(9-14-12)15-13(17)8-10-4-2-1-3-5-10/h6-7,9-10H,1-5,8H2,(H,14,16)(H,15,17). The van der Waals surface area contributed by atoms with E-state index >= 15 is 0 Å². The van der Waals surface area contributed by atoms with Gasteiger partial charge in [-0.3, -0.25) is 4.79 Å². The molecule has 4 nitrogen and oxygen atoms in total. The van der Waals surface area contributed by atoms with Crippen LogP contribution in [-0.2, 0) is 4.79 Å². The maximum absolute atomic E-state index is 11.8. The molecule has 0 radical (unpaired) electrons. The van der Waals surface area contributed by atoms with Gasteiger partial charge in [0.15, 0.2) is 0 Å². The molecule has 1 saturated carbocycles. The van der Waals surface area contributed by atoms with Crippen LogP contribution in [0.3, 0.4) is 0 Å². The molecule has 1 aromatic heterocycles. The van der Waals surface area contributed by atoms with Gasteiger partial charge in [0.1, 0.15) is 0 Å². The quantitative estimate of drug-likeness (QED) is 0.845. The number of nitrogens with one attached hydrogen (secondary N) is 1. The zero-order chi connectivity index (χ0) is 12.1. The van der Waals surface area contributed by atoms with Crippen molar-refractivity contribution in [3.8, 4) is 5.88 Å². The molecule has 1 aliphatic carbocycles. The van der Waals surface area contributed by atoms with E-state index in [1.54, 1.807) is 6.07 Å². The molecule has 0 aliphatic heterocycles. The van der Waals surface area contributed by atoms with Crippen molar-refractivity contribution in [2.45, 2.75) is 38.5 Å². The molecule has 0 bridgehead atoms. The summed E-state index contributed by atoms with van der Waals surface area (Å²) in [4.78, 5) is 15.5. The van der Waals surface area contributed by atoms with E-state index < -0.39 is 0 Å². The number of hydrogen-bond acceptors (Lipinski definition) is 3. The topological polar surface area (TPSA) is 62.2 Å². The Morgan fingerprint density at radius 1 is 1.35 bits per heavy atom. The maximum Gasteiger partial charge on any atom is 0.224 e. The lowest BCUT2D eigenvalue weighted by molar-refractivity contribution is -0.117. The second kappa shape index (κ2) is 5.66. The van der Waals surface area contributed by atoms with E-state index in [0.717, 1.165) is 0 Å². The summed E-state index contributed by atoms with van der Waals surface area (Å²) >= 11 is 0. The second-order valence-corrected chi connectivity index (χ2v) is 4.66. The average molecular weight is 234 g/mol. The largest absolute Gasteiger partial charge is 0.493 e. The van der Waals surface area contributed by atoms with E-state index in [1.807, 2.05) is 0 Å². The van der Waals surface area contributed by atoms with Gasteiger partial charge < -0.3 is 10.4 Å². The first kappa shape index (κ1) is 11.9. The van der Waals surface area contributed by atoms with E-state index in [-0.39, 0.29) is 11.8 Å². The molecule has 0 atom stereocenters. The van der Waals surface area contributed by atoms with Crippen molar-refractivity contribution in [3.63, 3.8) is 0 Å². The number of amides is 1. The first-order chi connectivity index (χ1) is 8.24. The number of carbonyl (C=O) groups excluding carboxylic acids is 1. The maximum atomic E-state index is 11.8. The van der Waals surface area contributed by atoms with E-state index in [2.05, 4.69) is 10.3 Å². The molecule has 1 amide bonds. The number of pyridine rings is 1. The minimum absolute atomic E-state index is 0.0321. The van der Waals surface area contributed by atoms with Crippen LogP contribution in [0.15, 0.2) is 18.3 Å². The van der Waals surface area contributed by atoms with Crippen molar-refractivity contribution in [2.75, 3.05) is 5.32 Å². The third-order valence-corrected chi connectivity index (χ3v) is 3.23. The van der Waals surface area contributed by atoms with Crippen LogP contribution >= 0.6 is 0 Å². The molecule has 2 rings (SSSR count). The van der Waals surface area contributed by atoms with Crippen LogP contribution in [-0.4, -0.2) is 16.0 Å². The fourth-order valence-electron chi connectivity index (χ4n) is 2.33. The summed E-state index contributed by atoms with van der Waals surface area (Å²) in [6.07, 6.45) is 8.20. The highest BCUT2D eigenvalue weighted by Crippen LogP contribution is 2.26. The summed E-state index contributed by atoms with van der Waals surface area (Å²) in [6.45, 7) is 0.